The summed E-state index contributed by atoms with van der Waals surface area (Å²) in [5.74, 6) is -0.514. The van der Waals surface area contributed by atoms with Gasteiger partial charge < -0.3 is 29.2 Å². The number of fused-ring (bicyclic) bond motifs is 3. The van der Waals surface area contributed by atoms with E-state index in [0.29, 0.717) is 11.1 Å². The monoisotopic (exact) mass is 540 g/mol. The van der Waals surface area contributed by atoms with E-state index < -0.39 is 23.7 Å². The van der Waals surface area contributed by atoms with Crippen LogP contribution >= 0.6 is 0 Å². The number of aromatic hydroxyl groups is 2. The van der Waals surface area contributed by atoms with Gasteiger partial charge in [0.2, 0.25) is 5.72 Å². The van der Waals surface area contributed by atoms with E-state index in [9.17, 15) is 10.2 Å². The summed E-state index contributed by atoms with van der Waals surface area (Å²) < 4.78 is 24.6. The van der Waals surface area contributed by atoms with Gasteiger partial charge in [0.25, 0.3) is 0 Å². The molecule has 2 aliphatic rings. The minimum absolute atomic E-state index is 0.0790. The number of ether oxygens (including phenoxy) is 4. The van der Waals surface area contributed by atoms with Crippen molar-refractivity contribution in [3.63, 3.8) is 0 Å². The third kappa shape index (κ3) is 4.73. The second kappa shape index (κ2) is 10.3. The molecule has 2 heterocycles. The van der Waals surface area contributed by atoms with Crippen molar-refractivity contribution in [2.24, 2.45) is 9.98 Å². The number of benzene rings is 4. The Hall–Kier alpha value is -3.82. The van der Waals surface area contributed by atoms with Gasteiger partial charge in [-0.3, -0.25) is 9.98 Å². The first-order chi connectivity index (χ1) is 19.3. The predicted molar refractivity (Wildman–Crippen MR) is 155 cm³/mol. The maximum atomic E-state index is 11.0. The molecule has 0 aliphatic carbocycles. The number of hydrogen-bond donors (Lipinski definition) is 2. The van der Waals surface area contributed by atoms with Gasteiger partial charge in [0.15, 0.2) is 5.79 Å². The van der Waals surface area contributed by atoms with Gasteiger partial charge in [-0.1, -0.05) is 60.7 Å². The second-order valence-electron chi connectivity index (χ2n) is 10.6. The molecule has 0 saturated carbocycles. The fourth-order valence-corrected chi connectivity index (χ4v) is 5.63. The van der Waals surface area contributed by atoms with E-state index in [4.69, 9.17) is 23.9 Å². The van der Waals surface area contributed by atoms with Crippen LogP contribution in [0.5, 0.6) is 11.5 Å². The molecule has 4 atom stereocenters. The zero-order chi connectivity index (χ0) is 27.9. The third-order valence-electron chi connectivity index (χ3n) is 7.55. The molecule has 8 heteroatoms. The molecule has 3 unspecified atom stereocenters. The zero-order valence-corrected chi connectivity index (χ0v) is 22.7. The molecule has 2 N–H and O–H groups in total. The Morgan fingerprint density at radius 2 is 1.45 bits per heavy atom. The van der Waals surface area contributed by atoms with E-state index in [1.807, 2.05) is 86.6 Å². The molecule has 0 aromatic heterocycles. The van der Waals surface area contributed by atoms with E-state index in [1.165, 1.54) is 0 Å². The highest BCUT2D eigenvalue weighted by Gasteiger charge is 2.58. The van der Waals surface area contributed by atoms with Gasteiger partial charge in [-0.05, 0) is 36.8 Å². The minimum Gasteiger partial charge on any atom is -0.507 e. The molecular formula is C32H32N2O6. The summed E-state index contributed by atoms with van der Waals surface area (Å²) >= 11 is 0. The Morgan fingerprint density at radius 1 is 0.850 bits per heavy atom. The molecule has 2 saturated heterocycles. The lowest BCUT2D eigenvalue weighted by atomic mass is 9.94. The van der Waals surface area contributed by atoms with Gasteiger partial charge in [-0.2, -0.15) is 0 Å². The van der Waals surface area contributed by atoms with Gasteiger partial charge in [-0.15, -0.1) is 0 Å². The largest absolute Gasteiger partial charge is 0.507 e. The lowest BCUT2D eigenvalue weighted by Gasteiger charge is -2.43. The van der Waals surface area contributed by atoms with E-state index >= 15 is 0 Å². The van der Waals surface area contributed by atoms with Crippen LogP contribution in [0.3, 0.4) is 0 Å². The van der Waals surface area contributed by atoms with Crippen LogP contribution in [0.4, 0.5) is 0 Å². The Balaban J connectivity index is 1.37. The van der Waals surface area contributed by atoms with Crippen LogP contribution in [0.1, 0.15) is 25.0 Å². The summed E-state index contributed by atoms with van der Waals surface area (Å²) in [5.41, 5.74) is -0.159. The molecule has 8 nitrogen and oxygen atoms in total. The standard InChI is InChI=1S/C32H32N2O6/c1-31(2)39-26-18-38-32(30(37-3)29(26)40-31,34-17-23-15-13-21-9-5-7-11-25(21)28(23)36)19-33-16-22-14-12-20-8-4-6-10-24(20)27(22)35/h4-17,26,29-30,35-36H,18-19H2,1-3H3/b33-16?,34-17+/t26-,29?,30?,32?/m0/s1. The first-order valence-corrected chi connectivity index (χ1v) is 13.3. The van der Waals surface area contributed by atoms with Crippen molar-refractivity contribution in [2.45, 2.75) is 43.7 Å². The van der Waals surface area contributed by atoms with E-state index in [0.717, 1.165) is 21.5 Å². The Bertz CT molecular complexity index is 1620. The van der Waals surface area contributed by atoms with Crippen LogP contribution in [0.25, 0.3) is 21.5 Å². The van der Waals surface area contributed by atoms with Crippen molar-refractivity contribution >= 4 is 34.0 Å². The molecule has 2 fully saturated rings. The molecule has 6 rings (SSSR count). The highest BCUT2D eigenvalue weighted by Crippen LogP contribution is 2.41. The molecule has 0 bridgehead atoms. The molecule has 4 aromatic carbocycles. The number of rotatable bonds is 6. The molecule has 0 radical (unpaired) electrons. The van der Waals surface area contributed by atoms with E-state index in [2.05, 4.69) is 4.99 Å². The Labute approximate surface area is 232 Å². The fourth-order valence-electron chi connectivity index (χ4n) is 5.63. The lowest BCUT2D eigenvalue weighted by Crippen LogP contribution is -2.61. The summed E-state index contributed by atoms with van der Waals surface area (Å²) in [6, 6.07) is 22.8. The highest BCUT2D eigenvalue weighted by molar-refractivity contribution is 5.98. The van der Waals surface area contributed by atoms with Gasteiger partial charge in [-0.25, -0.2) is 0 Å². The van der Waals surface area contributed by atoms with Crippen molar-refractivity contribution in [2.75, 3.05) is 20.3 Å². The van der Waals surface area contributed by atoms with Crippen LogP contribution in [-0.4, -0.2) is 72.7 Å². The summed E-state index contributed by atoms with van der Waals surface area (Å²) in [6.45, 7) is 4.02. The van der Waals surface area contributed by atoms with Crippen molar-refractivity contribution in [1.29, 1.82) is 0 Å². The van der Waals surface area contributed by atoms with Crippen LogP contribution in [0.15, 0.2) is 82.8 Å². The number of aliphatic imine (C=N–C) groups is 2. The molecule has 40 heavy (non-hydrogen) atoms. The number of methoxy groups -OCH3 is 1. The van der Waals surface area contributed by atoms with Gasteiger partial charge in [0, 0.05) is 41.4 Å². The summed E-state index contributed by atoms with van der Waals surface area (Å²) in [7, 11) is 1.59. The van der Waals surface area contributed by atoms with Gasteiger partial charge in [0.05, 0.1) is 13.2 Å². The summed E-state index contributed by atoms with van der Waals surface area (Å²) in [5, 5.41) is 25.2. The number of phenolic OH excluding ortho intramolecular Hbond substituents is 2. The van der Waals surface area contributed by atoms with Crippen LogP contribution in [-0.2, 0) is 18.9 Å². The minimum atomic E-state index is -1.28. The Kier molecular flexibility index (Phi) is 6.80. The SMILES string of the molecule is COC1C2OC(C)(C)O[C@H]2COC1(CN=Cc1ccc2ccccc2c1O)/N=C/c1ccc2ccccc2c1O. The van der Waals surface area contributed by atoms with Crippen molar-refractivity contribution in [1.82, 2.24) is 0 Å². The topological polar surface area (TPSA) is 102 Å². The van der Waals surface area contributed by atoms with Crippen LogP contribution in [0, 0.1) is 0 Å². The number of hydrogen-bond acceptors (Lipinski definition) is 8. The number of nitrogens with zero attached hydrogens (tertiary/aromatic N) is 2. The Morgan fingerprint density at radius 3 is 2.08 bits per heavy atom. The molecule has 206 valence electrons. The average Bonchev–Trinajstić information content (AvgIpc) is 3.28. The molecular weight excluding hydrogens is 508 g/mol. The molecule has 4 aromatic rings. The second-order valence-corrected chi connectivity index (χ2v) is 10.6. The van der Waals surface area contributed by atoms with Gasteiger partial charge >= 0.3 is 0 Å². The maximum absolute atomic E-state index is 11.0. The quantitative estimate of drug-likeness (QED) is 0.326. The van der Waals surface area contributed by atoms with E-state index in [-0.39, 0.29) is 30.8 Å². The average molecular weight is 541 g/mol. The smallest absolute Gasteiger partial charge is 0.207 e. The predicted octanol–water partition coefficient (Wildman–Crippen LogP) is 5.20. The van der Waals surface area contributed by atoms with Crippen molar-refractivity contribution < 1.29 is 29.2 Å². The van der Waals surface area contributed by atoms with Crippen LogP contribution in [0.2, 0.25) is 0 Å². The lowest BCUT2D eigenvalue weighted by molar-refractivity contribution is -0.211. The zero-order valence-electron chi connectivity index (χ0n) is 22.7. The maximum Gasteiger partial charge on any atom is 0.207 e. The normalized spacial score (nSPS) is 26.2. The van der Waals surface area contributed by atoms with Gasteiger partial charge in [0.1, 0.15) is 29.8 Å². The first-order valence-electron chi connectivity index (χ1n) is 13.3. The molecule has 0 amide bonds. The highest BCUT2D eigenvalue weighted by atomic mass is 16.8. The third-order valence-corrected chi connectivity index (χ3v) is 7.55. The number of phenols is 2. The first kappa shape index (κ1) is 26.4. The summed E-state index contributed by atoms with van der Waals surface area (Å²) in [4.78, 5) is 9.55. The fraction of sp³-hybridized carbons (Fsp3) is 0.312. The molecule has 0 spiro atoms. The van der Waals surface area contributed by atoms with Crippen LogP contribution < -0.4 is 0 Å². The van der Waals surface area contributed by atoms with Crippen molar-refractivity contribution in [3.05, 3.63) is 83.9 Å². The van der Waals surface area contributed by atoms with E-state index in [1.54, 1.807) is 19.5 Å². The molecule has 2 aliphatic heterocycles. The van der Waals surface area contributed by atoms with Crippen molar-refractivity contribution in [3.8, 4) is 11.5 Å². The summed E-state index contributed by atoms with van der Waals surface area (Å²) in [6.07, 6.45) is 1.78.